The normalized spacial score (nSPS) is 13.0. The fraction of sp³-hybridized carbons (Fsp3) is 0.421. The number of hydrogen-bond acceptors (Lipinski definition) is 4. The molecule has 2 N–H and O–H groups in total. The molecular formula is C19H26N2O4S. The first-order valence-electron chi connectivity index (χ1n) is 8.58. The second kappa shape index (κ2) is 8.51. The average Bonchev–Trinajstić information content (AvgIpc) is 3.07. The lowest BCUT2D eigenvalue weighted by Gasteiger charge is -2.20. The summed E-state index contributed by atoms with van der Waals surface area (Å²) in [4.78, 5) is 12.7. The highest BCUT2D eigenvalue weighted by molar-refractivity contribution is 7.89. The van der Waals surface area contributed by atoms with Crippen molar-refractivity contribution in [1.29, 1.82) is 0 Å². The summed E-state index contributed by atoms with van der Waals surface area (Å²) in [5.74, 6) is 0.387. The number of hydrogen-bond donors (Lipinski definition) is 2. The summed E-state index contributed by atoms with van der Waals surface area (Å²) in [5, 5.41) is 2.73. The van der Waals surface area contributed by atoms with Crippen molar-refractivity contribution < 1.29 is 17.6 Å². The van der Waals surface area contributed by atoms with E-state index in [0.717, 1.165) is 11.1 Å². The van der Waals surface area contributed by atoms with Gasteiger partial charge in [0.25, 0.3) is 0 Å². The van der Waals surface area contributed by atoms with Gasteiger partial charge in [-0.3, -0.25) is 4.79 Å². The van der Waals surface area contributed by atoms with Gasteiger partial charge >= 0.3 is 0 Å². The Bertz CT molecular complexity index is 842. The van der Waals surface area contributed by atoms with Crippen LogP contribution >= 0.6 is 0 Å². The van der Waals surface area contributed by atoms with Crippen molar-refractivity contribution in [2.45, 2.75) is 51.6 Å². The lowest BCUT2D eigenvalue weighted by Crippen LogP contribution is -2.47. The molecule has 0 unspecified atom stereocenters. The van der Waals surface area contributed by atoms with Crippen LogP contribution in [-0.4, -0.2) is 20.4 Å². The first kappa shape index (κ1) is 20.2. The van der Waals surface area contributed by atoms with Gasteiger partial charge in [0.1, 0.15) is 11.8 Å². The van der Waals surface area contributed by atoms with Gasteiger partial charge in [-0.15, -0.1) is 0 Å². The highest BCUT2D eigenvalue weighted by Crippen LogP contribution is 2.16. The van der Waals surface area contributed by atoms with Gasteiger partial charge in [-0.25, -0.2) is 8.42 Å². The van der Waals surface area contributed by atoms with Crippen LogP contribution in [0, 0.1) is 19.8 Å². The zero-order valence-corrected chi connectivity index (χ0v) is 16.4. The Hall–Kier alpha value is -2.12. The summed E-state index contributed by atoms with van der Waals surface area (Å²) in [6.07, 6.45) is 1.92. The summed E-state index contributed by atoms with van der Waals surface area (Å²) >= 11 is 0. The van der Waals surface area contributed by atoms with Crippen molar-refractivity contribution in [2.24, 2.45) is 5.92 Å². The second-order valence-corrected chi connectivity index (χ2v) is 8.56. The van der Waals surface area contributed by atoms with Crippen molar-refractivity contribution >= 4 is 15.9 Å². The lowest BCUT2D eigenvalue weighted by molar-refractivity contribution is -0.123. The Balaban J connectivity index is 2.14. The molecule has 6 nitrogen and oxygen atoms in total. The van der Waals surface area contributed by atoms with Gasteiger partial charge in [-0.1, -0.05) is 19.9 Å². The summed E-state index contributed by atoms with van der Waals surface area (Å²) in [6, 6.07) is 7.56. The molecule has 1 aromatic carbocycles. The fourth-order valence-corrected chi connectivity index (χ4v) is 3.82. The summed E-state index contributed by atoms with van der Waals surface area (Å²) in [7, 11) is -3.80. The zero-order valence-electron chi connectivity index (χ0n) is 15.6. The van der Waals surface area contributed by atoms with Crippen molar-refractivity contribution in [3.8, 4) is 0 Å². The Kier molecular flexibility index (Phi) is 6.61. The van der Waals surface area contributed by atoms with Crippen LogP contribution < -0.4 is 10.0 Å². The zero-order chi connectivity index (χ0) is 19.3. The Morgan fingerprint density at radius 3 is 2.46 bits per heavy atom. The van der Waals surface area contributed by atoms with Crippen LogP contribution in [0.15, 0.2) is 45.9 Å². The van der Waals surface area contributed by atoms with Crippen molar-refractivity contribution in [2.75, 3.05) is 0 Å². The van der Waals surface area contributed by atoms with E-state index in [4.69, 9.17) is 4.42 Å². The molecule has 7 heteroatoms. The van der Waals surface area contributed by atoms with Gasteiger partial charge in [0.15, 0.2) is 0 Å². The second-order valence-electron chi connectivity index (χ2n) is 6.85. The van der Waals surface area contributed by atoms with Crippen LogP contribution in [0.5, 0.6) is 0 Å². The van der Waals surface area contributed by atoms with Crippen molar-refractivity contribution in [3.05, 3.63) is 53.5 Å². The van der Waals surface area contributed by atoms with E-state index in [9.17, 15) is 13.2 Å². The van der Waals surface area contributed by atoms with E-state index in [1.54, 1.807) is 30.3 Å². The maximum absolute atomic E-state index is 12.7. The SMILES string of the molecule is Cc1ccc(S(=O)(=O)N[C@@H](CC(C)C)C(=O)NCc2ccco2)cc1C. The molecular weight excluding hydrogens is 352 g/mol. The lowest BCUT2D eigenvalue weighted by atomic mass is 10.0. The van der Waals surface area contributed by atoms with E-state index in [0.29, 0.717) is 12.2 Å². The number of nitrogens with one attached hydrogen (secondary N) is 2. The third-order valence-corrected chi connectivity index (χ3v) is 5.60. The topological polar surface area (TPSA) is 88.4 Å². The molecule has 0 aliphatic heterocycles. The molecule has 0 fully saturated rings. The smallest absolute Gasteiger partial charge is 0.241 e. The number of sulfonamides is 1. The van der Waals surface area contributed by atoms with Gasteiger partial charge in [0, 0.05) is 0 Å². The molecule has 0 saturated heterocycles. The molecule has 1 atom stereocenters. The molecule has 142 valence electrons. The van der Waals surface area contributed by atoms with Gasteiger partial charge in [-0.05, 0) is 61.6 Å². The Morgan fingerprint density at radius 1 is 1.15 bits per heavy atom. The minimum Gasteiger partial charge on any atom is -0.467 e. The molecule has 0 aliphatic rings. The maximum atomic E-state index is 12.7. The number of rotatable bonds is 8. The number of carbonyl (C=O) groups excluding carboxylic acids is 1. The summed E-state index contributed by atoms with van der Waals surface area (Å²) in [5.41, 5.74) is 1.90. The average molecular weight is 378 g/mol. The first-order valence-corrected chi connectivity index (χ1v) is 10.1. The van der Waals surface area contributed by atoms with E-state index >= 15 is 0 Å². The van der Waals surface area contributed by atoms with Gasteiger partial charge in [0.2, 0.25) is 15.9 Å². The number of benzene rings is 1. The van der Waals surface area contributed by atoms with E-state index in [1.165, 1.54) is 6.26 Å². The first-order chi connectivity index (χ1) is 12.2. The molecule has 0 radical (unpaired) electrons. The Morgan fingerprint density at radius 2 is 1.88 bits per heavy atom. The molecule has 0 saturated carbocycles. The van der Waals surface area contributed by atoms with Crippen molar-refractivity contribution in [3.63, 3.8) is 0 Å². The molecule has 1 amide bonds. The highest BCUT2D eigenvalue weighted by atomic mass is 32.2. The third kappa shape index (κ3) is 5.44. The number of aryl methyl sites for hydroxylation is 2. The molecule has 0 aliphatic carbocycles. The molecule has 2 aromatic rings. The fourth-order valence-electron chi connectivity index (χ4n) is 2.53. The predicted octanol–water partition coefficient (Wildman–Crippen LogP) is 2.91. The van der Waals surface area contributed by atoms with Crippen LogP contribution in [0.1, 0.15) is 37.2 Å². The van der Waals surface area contributed by atoms with E-state index in [1.807, 2.05) is 27.7 Å². The van der Waals surface area contributed by atoms with E-state index < -0.39 is 16.1 Å². The molecule has 1 heterocycles. The van der Waals surface area contributed by atoms with Gasteiger partial charge < -0.3 is 9.73 Å². The van der Waals surface area contributed by atoms with Crippen LogP contribution in [0.3, 0.4) is 0 Å². The quantitative estimate of drug-likeness (QED) is 0.739. The van der Waals surface area contributed by atoms with Gasteiger partial charge in [0.05, 0.1) is 17.7 Å². The number of carbonyl (C=O) groups is 1. The van der Waals surface area contributed by atoms with E-state index in [-0.39, 0.29) is 23.3 Å². The number of amides is 1. The Labute approximate surface area is 155 Å². The monoisotopic (exact) mass is 378 g/mol. The molecule has 1 aromatic heterocycles. The number of furan rings is 1. The largest absolute Gasteiger partial charge is 0.467 e. The molecule has 26 heavy (non-hydrogen) atoms. The minimum absolute atomic E-state index is 0.150. The molecule has 0 spiro atoms. The van der Waals surface area contributed by atoms with E-state index in [2.05, 4.69) is 10.0 Å². The predicted molar refractivity (Wildman–Crippen MR) is 100 cm³/mol. The summed E-state index contributed by atoms with van der Waals surface area (Å²) in [6.45, 7) is 7.87. The van der Waals surface area contributed by atoms with Gasteiger partial charge in [-0.2, -0.15) is 4.72 Å². The standard InChI is InChI=1S/C19H26N2O4S/c1-13(2)10-18(19(22)20-12-16-6-5-9-25-16)21-26(23,24)17-8-7-14(3)15(4)11-17/h5-9,11,13,18,21H,10,12H2,1-4H3,(H,20,22)/t18-/m0/s1. The highest BCUT2D eigenvalue weighted by Gasteiger charge is 2.26. The third-order valence-electron chi connectivity index (χ3n) is 4.13. The summed E-state index contributed by atoms with van der Waals surface area (Å²) < 4.78 is 33.2. The van der Waals surface area contributed by atoms with Crippen molar-refractivity contribution in [1.82, 2.24) is 10.0 Å². The molecule has 2 rings (SSSR count). The van der Waals surface area contributed by atoms with Crippen LogP contribution in [0.2, 0.25) is 0 Å². The van der Waals surface area contributed by atoms with Crippen LogP contribution in [0.25, 0.3) is 0 Å². The minimum atomic E-state index is -3.80. The maximum Gasteiger partial charge on any atom is 0.241 e. The molecule has 0 bridgehead atoms. The van der Waals surface area contributed by atoms with Crippen LogP contribution in [0.4, 0.5) is 0 Å². The van der Waals surface area contributed by atoms with Crippen LogP contribution in [-0.2, 0) is 21.4 Å².